The van der Waals surface area contributed by atoms with Crippen molar-refractivity contribution in [1.82, 2.24) is 15.6 Å². The molecule has 0 bridgehead atoms. The Balaban J connectivity index is 1.34. The molecule has 1 amide bonds. The topological polar surface area (TPSA) is 80.0 Å². The van der Waals surface area contributed by atoms with Crippen LogP contribution in [0.1, 0.15) is 45.3 Å². The Morgan fingerprint density at radius 2 is 1.96 bits per heavy atom. The molecule has 0 aliphatic carbocycles. The number of nitrogens with two attached hydrogens (primary N) is 1. The van der Waals surface area contributed by atoms with Crippen molar-refractivity contribution in [2.24, 2.45) is 0 Å². The smallest absolute Gasteiger partial charge is 0.263 e. The first-order valence-corrected chi connectivity index (χ1v) is 10.7. The average Bonchev–Trinajstić information content (AvgIpc) is 3.05. The predicted molar refractivity (Wildman–Crippen MR) is 116 cm³/mol. The van der Waals surface area contributed by atoms with Gasteiger partial charge in [-0.3, -0.25) is 4.79 Å². The second-order valence-electron chi connectivity index (χ2n) is 7.42. The molecule has 0 atom stereocenters. The number of aryl methyl sites for hydroxylation is 1. The number of pyridine rings is 1. The van der Waals surface area contributed by atoms with Crippen molar-refractivity contribution in [3.8, 4) is 0 Å². The van der Waals surface area contributed by atoms with E-state index in [-0.39, 0.29) is 5.91 Å². The molecular weight excluding hydrogens is 368 g/mol. The Bertz CT molecular complexity index is 974. The zero-order chi connectivity index (χ0) is 19.5. The van der Waals surface area contributed by atoms with Crippen LogP contribution in [0.4, 0.5) is 5.69 Å². The van der Waals surface area contributed by atoms with Crippen LogP contribution in [0, 0.1) is 6.92 Å². The monoisotopic (exact) mass is 394 g/mol. The van der Waals surface area contributed by atoms with Gasteiger partial charge in [0.1, 0.15) is 9.71 Å². The van der Waals surface area contributed by atoms with E-state index >= 15 is 0 Å². The van der Waals surface area contributed by atoms with E-state index in [2.05, 4.69) is 39.9 Å². The third-order valence-corrected chi connectivity index (χ3v) is 6.54. The number of benzene rings is 1. The zero-order valence-electron chi connectivity index (χ0n) is 16.1. The number of fused-ring (bicyclic) bond motifs is 1. The second kappa shape index (κ2) is 8.29. The number of hydrogen-bond donors (Lipinski definition) is 3. The number of hydrogen-bond acceptors (Lipinski definition) is 5. The summed E-state index contributed by atoms with van der Waals surface area (Å²) in [5.41, 5.74) is 10.3. The summed E-state index contributed by atoms with van der Waals surface area (Å²) in [5.74, 6) is 0.549. The average molecular weight is 395 g/mol. The largest absolute Gasteiger partial charge is 0.397 e. The number of nitrogens with one attached hydrogen (secondary N) is 2. The highest BCUT2D eigenvalue weighted by molar-refractivity contribution is 7.21. The minimum atomic E-state index is -0.121. The third kappa shape index (κ3) is 4.03. The van der Waals surface area contributed by atoms with E-state index in [0.717, 1.165) is 35.4 Å². The van der Waals surface area contributed by atoms with Gasteiger partial charge in [0.25, 0.3) is 5.91 Å². The standard InChI is InChI=1S/C22H26N4OS/c1-14-2-7-18-19(23)20(28-22(18)26-14)21(27)25-13-8-15-3-5-16(6-4-15)17-9-11-24-12-10-17/h2-7,17,24H,8-13,23H2,1H3,(H,25,27). The number of anilines is 1. The van der Waals surface area contributed by atoms with Crippen molar-refractivity contribution < 1.29 is 4.79 Å². The maximum atomic E-state index is 12.6. The summed E-state index contributed by atoms with van der Waals surface area (Å²) in [4.78, 5) is 18.4. The fraction of sp³-hybridized carbons (Fsp3) is 0.364. The fourth-order valence-electron chi connectivity index (χ4n) is 3.77. The van der Waals surface area contributed by atoms with Gasteiger partial charge in [-0.2, -0.15) is 0 Å². The molecular formula is C22H26N4OS. The van der Waals surface area contributed by atoms with Crippen LogP contribution in [-0.2, 0) is 6.42 Å². The second-order valence-corrected chi connectivity index (χ2v) is 8.42. The van der Waals surface area contributed by atoms with Gasteiger partial charge in [-0.15, -0.1) is 11.3 Å². The van der Waals surface area contributed by atoms with E-state index in [1.54, 1.807) is 0 Å². The fourth-order valence-corrected chi connectivity index (χ4v) is 4.83. The number of piperidine rings is 1. The molecule has 3 aromatic rings. The van der Waals surface area contributed by atoms with Gasteiger partial charge < -0.3 is 16.4 Å². The van der Waals surface area contributed by atoms with Crippen LogP contribution >= 0.6 is 11.3 Å². The van der Waals surface area contributed by atoms with Crippen LogP contribution in [0.25, 0.3) is 10.2 Å². The highest BCUT2D eigenvalue weighted by Gasteiger charge is 2.17. The Morgan fingerprint density at radius 1 is 1.21 bits per heavy atom. The summed E-state index contributed by atoms with van der Waals surface area (Å²) in [6.45, 7) is 4.74. The highest BCUT2D eigenvalue weighted by atomic mass is 32.1. The van der Waals surface area contributed by atoms with Crippen LogP contribution in [0.5, 0.6) is 0 Å². The number of aromatic nitrogens is 1. The number of thiophene rings is 1. The summed E-state index contributed by atoms with van der Waals surface area (Å²) in [6.07, 6.45) is 3.22. The van der Waals surface area contributed by atoms with Gasteiger partial charge in [-0.1, -0.05) is 24.3 Å². The Hall–Kier alpha value is -2.44. The molecule has 1 fully saturated rings. The van der Waals surface area contributed by atoms with E-state index in [4.69, 9.17) is 5.73 Å². The van der Waals surface area contributed by atoms with Gasteiger partial charge in [0.2, 0.25) is 0 Å². The molecule has 1 aromatic carbocycles. The quantitative estimate of drug-likeness (QED) is 0.617. The number of carbonyl (C=O) groups excluding carboxylic acids is 1. The van der Waals surface area contributed by atoms with E-state index in [1.807, 2.05) is 19.1 Å². The first-order valence-electron chi connectivity index (χ1n) is 9.85. The number of rotatable bonds is 5. The molecule has 0 unspecified atom stereocenters. The molecule has 2 aromatic heterocycles. The summed E-state index contributed by atoms with van der Waals surface area (Å²) < 4.78 is 0. The van der Waals surface area contributed by atoms with E-state index < -0.39 is 0 Å². The van der Waals surface area contributed by atoms with E-state index in [1.165, 1.54) is 35.3 Å². The number of nitrogen functional groups attached to an aromatic ring is 1. The van der Waals surface area contributed by atoms with Gasteiger partial charge in [0.05, 0.1) is 5.69 Å². The van der Waals surface area contributed by atoms with Crippen LogP contribution < -0.4 is 16.4 Å². The lowest BCUT2D eigenvalue weighted by atomic mass is 9.89. The minimum absolute atomic E-state index is 0.121. The molecule has 4 rings (SSSR count). The summed E-state index contributed by atoms with van der Waals surface area (Å²) in [5, 5.41) is 7.26. The van der Waals surface area contributed by atoms with Crippen LogP contribution in [-0.4, -0.2) is 30.5 Å². The Morgan fingerprint density at radius 3 is 2.71 bits per heavy atom. The molecule has 1 saturated heterocycles. The van der Waals surface area contributed by atoms with Crippen LogP contribution in [0.2, 0.25) is 0 Å². The number of amides is 1. The minimum Gasteiger partial charge on any atom is -0.397 e. The van der Waals surface area contributed by atoms with Gasteiger partial charge >= 0.3 is 0 Å². The summed E-state index contributed by atoms with van der Waals surface area (Å²) in [7, 11) is 0. The maximum Gasteiger partial charge on any atom is 0.263 e. The van der Waals surface area contributed by atoms with Gasteiger partial charge in [0.15, 0.2) is 0 Å². The lowest BCUT2D eigenvalue weighted by molar-refractivity contribution is 0.0959. The molecule has 4 N–H and O–H groups in total. The van der Waals surface area contributed by atoms with Crippen molar-refractivity contribution in [2.45, 2.75) is 32.1 Å². The molecule has 146 valence electrons. The molecule has 0 radical (unpaired) electrons. The van der Waals surface area contributed by atoms with Crippen LogP contribution in [0.15, 0.2) is 36.4 Å². The predicted octanol–water partition coefficient (Wildman–Crippen LogP) is 3.63. The molecule has 0 saturated carbocycles. The normalized spacial score (nSPS) is 15.0. The lowest BCUT2D eigenvalue weighted by Crippen LogP contribution is -2.26. The Kier molecular flexibility index (Phi) is 5.59. The van der Waals surface area contributed by atoms with E-state index in [9.17, 15) is 4.79 Å². The molecule has 3 heterocycles. The first kappa shape index (κ1) is 18.9. The van der Waals surface area contributed by atoms with Gasteiger partial charge in [-0.25, -0.2) is 4.98 Å². The van der Waals surface area contributed by atoms with Crippen molar-refractivity contribution in [2.75, 3.05) is 25.4 Å². The number of carbonyl (C=O) groups is 1. The highest BCUT2D eigenvalue weighted by Crippen LogP contribution is 2.32. The number of nitrogens with zero attached hydrogens (tertiary/aromatic N) is 1. The van der Waals surface area contributed by atoms with Crippen molar-refractivity contribution in [1.29, 1.82) is 0 Å². The first-order chi connectivity index (χ1) is 13.6. The van der Waals surface area contributed by atoms with Crippen molar-refractivity contribution in [3.63, 3.8) is 0 Å². The molecule has 6 heteroatoms. The van der Waals surface area contributed by atoms with E-state index in [0.29, 0.717) is 23.0 Å². The molecule has 1 aliphatic rings. The summed E-state index contributed by atoms with van der Waals surface area (Å²) >= 11 is 1.36. The van der Waals surface area contributed by atoms with Gasteiger partial charge in [-0.05, 0) is 68.5 Å². The molecule has 28 heavy (non-hydrogen) atoms. The van der Waals surface area contributed by atoms with Crippen LogP contribution in [0.3, 0.4) is 0 Å². The van der Waals surface area contributed by atoms with Gasteiger partial charge in [0, 0.05) is 17.6 Å². The van der Waals surface area contributed by atoms with Crippen molar-refractivity contribution >= 4 is 33.1 Å². The van der Waals surface area contributed by atoms with Crippen molar-refractivity contribution in [3.05, 3.63) is 58.1 Å². The molecule has 0 spiro atoms. The third-order valence-electron chi connectivity index (χ3n) is 5.43. The molecule has 1 aliphatic heterocycles. The zero-order valence-corrected chi connectivity index (χ0v) is 16.9. The maximum absolute atomic E-state index is 12.6. The summed E-state index contributed by atoms with van der Waals surface area (Å²) in [6, 6.07) is 12.7. The lowest BCUT2D eigenvalue weighted by Gasteiger charge is -2.23. The SMILES string of the molecule is Cc1ccc2c(N)c(C(=O)NCCc3ccc(C4CCNCC4)cc3)sc2n1. The molecule has 5 nitrogen and oxygen atoms in total. The Labute approximate surface area is 169 Å².